The van der Waals surface area contributed by atoms with Crippen LogP contribution in [0.15, 0.2) is 30.3 Å². The van der Waals surface area contributed by atoms with Gasteiger partial charge in [0.05, 0.1) is 0 Å². The van der Waals surface area contributed by atoms with E-state index in [1.807, 2.05) is 23.1 Å². The third-order valence-corrected chi connectivity index (χ3v) is 3.28. The first-order valence-corrected chi connectivity index (χ1v) is 6.43. The molecule has 2 N–H and O–H groups in total. The maximum Gasteiger partial charge on any atom is 0.223 e. The number of benzene rings is 1. The molecule has 1 aromatic rings. The molecule has 0 bridgehead atoms. The Hall–Kier alpha value is -1.39. The molecule has 18 heavy (non-hydrogen) atoms. The van der Waals surface area contributed by atoms with Gasteiger partial charge in [-0.05, 0) is 5.56 Å². The monoisotopic (exact) mass is 248 g/mol. The highest BCUT2D eigenvalue weighted by Crippen LogP contribution is 2.16. The first-order valence-electron chi connectivity index (χ1n) is 6.43. The van der Waals surface area contributed by atoms with Crippen LogP contribution in [0.4, 0.5) is 0 Å². The molecule has 1 aromatic carbocycles. The third kappa shape index (κ3) is 3.55. The minimum atomic E-state index is 0.111. The number of carbonyl (C=O) groups is 1. The van der Waals surface area contributed by atoms with Gasteiger partial charge in [-0.1, -0.05) is 30.3 Å². The lowest BCUT2D eigenvalue weighted by atomic mass is 10.1. The van der Waals surface area contributed by atoms with Gasteiger partial charge >= 0.3 is 0 Å². The average molecular weight is 248 g/mol. The number of aliphatic hydroxyl groups is 1. The number of nitrogens with zero attached hydrogens (tertiary/aromatic N) is 1. The van der Waals surface area contributed by atoms with Crippen molar-refractivity contribution in [2.75, 3.05) is 26.2 Å². The van der Waals surface area contributed by atoms with E-state index in [-0.39, 0.29) is 18.4 Å². The van der Waals surface area contributed by atoms with Crippen LogP contribution in [0.2, 0.25) is 0 Å². The van der Waals surface area contributed by atoms with E-state index in [2.05, 4.69) is 17.4 Å². The van der Waals surface area contributed by atoms with Crippen molar-refractivity contribution < 1.29 is 9.90 Å². The minimum absolute atomic E-state index is 0.111. The second kappa shape index (κ2) is 6.52. The van der Waals surface area contributed by atoms with Crippen molar-refractivity contribution in [3.05, 3.63) is 35.9 Å². The molecular formula is C14H20N2O2. The lowest BCUT2D eigenvalue weighted by Gasteiger charge is -2.16. The van der Waals surface area contributed by atoms with Crippen LogP contribution in [-0.2, 0) is 11.3 Å². The highest BCUT2D eigenvalue weighted by molar-refractivity contribution is 5.78. The molecule has 1 saturated heterocycles. The zero-order chi connectivity index (χ0) is 12.8. The number of likely N-dealkylation sites (tertiary alicyclic amines) is 1. The van der Waals surface area contributed by atoms with Gasteiger partial charge in [0.15, 0.2) is 0 Å². The maximum atomic E-state index is 11.6. The normalized spacial score (nSPS) is 19.5. The Balaban J connectivity index is 1.65. The summed E-state index contributed by atoms with van der Waals surface area (Å²) in [5.41, 5.74) is 1.25. The van der Waals surface area contributed by atoms with Crippen molar-refractivity contribution in [3.8, 4) is 0 Å². The minimum Gasteiger partial charge on any atom is -0.396 e. The van der Waals surface area contributed by atoms with Crippen molar-refractivity contribution in [2.45, 2.75) is 13.0 Å². The van der Waals surface area contributed by atoms with Crippen LogP contribution in [0.1, 0.15) is 12.0 Å². The third-order valence-electron chi connectivity index (χ3n) is 3.28. The maximum absolute atomic E-state index is 11.6. The molecule has 1 amide bonds. The Morgan fingerprint density at radius 3 is 2.78 bits per heavy atom. The summed E-state index contributed by atoms with van der Waals surface area (Å²) in [5, 5.41) is 12.4. The molecular weight excluding hydrogens is 228 g/mol. The van der Waals surface area contributed by atoms with E-state index in [1.54, 1.807) is 0 Å². The zero-order valence-corrected chi connectivity index (χ0v) is 10.5. The number of rotatable bonds is 6. The van der Waals surface area contributed by atoms with E-state index in [9.17, 15) is 4.79 Å². The van der Waals surface area contributed by atoms with Gasteiger partial charge in [-0.2, -0.15) is 0 Å². The van der Waals surface area contributed by atoms with Gasteiger partial charge in [0, 0.05) is 45.1 Å². The van der Waals surface area contributed by atoms with Crippen molar-refractivity contribution >= 4 is 5.91 Å². The Morgan fingerprint density at radius 1 is 1.33 bits per heavy atom. The predicted molar refractivity (Wildman–Crippen MR) is 69.9 cm³/mol. The fraction of sp³-hybridized carbons (Fsp3) is 0.500. The van der Waals surface area contributed by atoms with Crippen LogP contribution in [0.5, 0.6) is 0 Å². The quantitative estimate of drug-likeness (QED) is 0.726. The molecule has 1 atom stereocenters. The van der Waals surface area contributed by atoms with Crippen LogP contribution in [0.25, 0.3) is 0 Å². The summed E-state index contributed by atoms with van der Waals surface area (Å²) in [6.07, 6.45) is 0.495. The van der Waals surface area contributed by atoms with Crippen molar-refractivity contribution in [1.29, 1.82) is 0 Å². The van der Waals surface area contributed by atoms with Gasteiger partial charge in [0.25, 0.3) is 0 Å². The number of hydrogen-bond acceptors (Lipinski definition) is 3. The molecule has 0 radical (unpaired) electrons. The Bertz CT molecular complexity index is 381. The highest BCUT2D eigenvalue weighted by Gasteiger charge is 2.28. The molecule has 0 saturated carbocycles. The summed E-state index contributed by atoms with van der Waals surface area (Å²) in [5.74, 6) is 0.294. The molecule has 1 fully saturated rings. The Labute approximate surface area is 108 Å². The largest absolute Gasteiger partial charge is 0.396 e. The molecule has 0 aromatic heterocycles. The van der Waals surface area contributed by atoms with Gasteiger partial charge in [0.2, 0.25) is 5.91 Å². The van der Waals surface area contributed by atoms with E-state index in [1.165, 1.54) is 5.56 Å². The molecule has 98 valence electrons. The van der Waals surface area contributed by atoms with Crippen LogP contribution in [0, 0.1) is 5.92 Å². The van der Waals surface area contributed by atoms with Gasteiger partial charge in [-0.25, -0.2) is 0 Å². The Kier molecular flexibility index (Phi) is 4.73. The molecule has 1 unspecified atom stereocenters. The van der Waals surface area contributed by atoms with Crippen LogP contribution in [0.3, 0.4) is 0 Å². The number of hydrogen-bond donors (Lipinski definition) is 2. The van der Waals surface area contributed by atoms with Crippen LogP contribution < -0.4 is 5.32 Å². The van der Waals surface area contributed by atoms with Crippen molar-refractivity contribution in [2.24, 2.45) is 5.92 Å². The number of aliphatic hydroxyl groups excluding tert-OH is 1. The summed E-state index contributed by atoms with van der Waals surface area (Å²) in [6, 6.07) is 10.2. The first-order chi connectivity index (χ1) is 8.79. The molecule has 4 nitrogen and oxygen atoms in total. The van der Waals surface area contributed by atoms with Gasteiger partial charge in [-0.15, -0.1) is 0 Å². The van der Waals surface area contributed by atoms with Crippen molar-refractivity contribution in [1.82, 2.24) is 10.2 Å². The van der Waals surface area contributed by atoms with E-state index in [4.69, 9.17) is 5.11 Å². The van der Waals surface area contributed by atoms with E-state index in [0.717, 1.165) is 19.6 Å². The number of carbonyl (C=O) groups excluding carboxylic acids is 1. The average Bonchev–Trinajstić information content (AvgIpc) is 2.77. The second-order valence-corrected chi connectivity index (χ2v) is 4.75. The first kappa shape index (κ1) is 13.1. The highest BCUT2D eigenvalue weighted by atomic mass is 16.3. The zero-order valence-electron chi connectivity index (χ0n) is 10.5. The lowest BCUT2D eigenvalue weighted by molar-refractivity contribution is -0.127. The van der Waals surface area contributed by atoms with E-state index >= 15 is 0 Å². The summed E-state index contributed by atoms with van der Waals surface area (Å²) in [6.45, 7) is 3.15. The summed E-state index contributed by atoms with van der Waals surface area (Å²) < 4.78 is 0. The lowest BCUT2D eigenvalue weighted by Crippen LogP contribution is -2.33. The molecule has 1 aliphatic rings. The fourth-order valence-electron chi connectivity index (χ4n) is 2.23. The topological polar surface area (TPSA) is 52.6 Å². The molecule has 1 aliphatic heterocycles. The standard InChI is InChI=1S/C14H20N2O2/c17-11-13-8-14(18)16(10-13)7-6-15-9-12-4-2-1-3-5-12/h1-5,13,15,17H,6-11H2. The predicted octanol–water partition coefficient (Wildman–Crippen LogP) is 0.617. The van der Waals surface area contributed by atoms with Gasteiger partial charge in [0.1, 0.15) is 0 Å². The molecule has 1 heterocycles. The van der Waals surface area contributed by atoms with Crippen molar-refractivity contribution in [3.63, 3.8) is 0 Å². The van der Waals surface area contributed by atoms with Crippen LogP contribution in [-0.4, -0.2) is 42.2 Å². The van der Waals surface area contributed by atoms with Gasteiger partial charge in [-0.3, -0.25) is 4.79 Å². The second-order valence-electron chi connectivity index (χ2n) is 4.75. The molecule has 4 heteroatoms. The summed E-state index contributed by atoms with van der Waals surface area (Å²) in [4.78, 5) is 13.4. The fourth-order valence-corrected chi connectivity index (χ4v) is 2.23. The smallest absolute Gasteiger partial charge is 0.223 e. The number of amides is 1. The SMILES string of the molecule is O=C1CC(CO)CN1CCNCc1ccccc1. The van der Waals surface area contributed by atoms with E-state index < -0.39 is 0 Å². The summed E-state index contributed by atoms with van der Waals surface area (Å²) in [7, 11) is 0. The molecule has 0 aliphatic carbocycles. The van der Waals surface area contributed by atoms with E-state index in [0.29, 0.717) is 13.0 Å². The Morgan fingerprint density at radius 2 is 2.11 bits per heavy atom. The van der Waals surface area contributed by atoms with Crippen LogP contribution >= 0.6 is 0 Å². The molecule has 2 rings (SSSR count). The summed E-state index contributed by atoms with van der Waals surface area (Å²) >= 11 is 0. The van der Waals surface area contributed by atoms with Gasteiger partial charge < -0.3 is 15.3 Å². The molecule has 0 spiro atoms. The number of nitrogens with one attached hydrogen (secondary N) is 1.